The van der Waals surface area contributed by atoms with Gasteiger partial charge in [-0.15, -0.1) is 11.3 Å². The third-order valence-corrected chi connectivity index (χ3v) is 5.95. The summed E-state index contributed by atoms with van der Waals surface area (Å²) in [5.74, 6) is 1.04. The van der Waals surface area contributed by atoms with Gasteiger partial charge in [-0.1, -0.05) is 20.8 Å². The van der Waals surface area contributed by atoms with Crippen molar-refractivity contribution in [3.63, 3.8) is 0 Å². The minimum absolute atomic E-state index is 0.194. The molecule has 1 atom stereocenters. The monoisotopic (exact) mass is 363 g/mol. The summed E-state index contributed by atoms with van der Waals surface area (Å²) >= 11 is 1.69. The summed E-state index contributed by atoms with van der Waals surface area (Å²) in [6.45, 7) is 8.25. The van der Waals surface area contributed by atoms with E-state index in [1.807, 2.05) is 25.7 Å². The summed E-state index contributed by atoms with van der Waals surface area (Å²) in [6, 6.07) is 0. The Morgan fingerprint density at radius 2 is 2.08 bits per heavy atom. The summed E-state index contributed by atoms with van der Waals surface area (Å²) in [5.41, 5.74) is 0.728. The van der Waals surface area contributed by atoms with Crippen LogP contribution in [0.4, 0.5) is 0 Å². The van der Waals surface area contributed by atoms with Crippen molar-refractivity contribution in [1.82, 2.24) is 15.2 Å². The van der Waals surface area contributed by atoms with E-state index in [1.165, 1.54) is 0 Å². The van der Waals surface area contributed by atoms with Gasteiger partial charge >= 0.3 is 0 Å². The lowest BCUT2D eigenvalue weighted by molar-refractivity contribution is -0.140. The molecule has 0 radical (unpaired) electrons. The van der Waals surface area contributed by atoms with Gasteiger partial charge in [0.15, 0.2) is 0 Å². The first-order valence-electron chi connectivity index (χ1n) is 9.36. The highest BCUT2D eigenvalue weighted by Gasteiger charge is 2.32. The van der Waals surface area contributed by atoms with Gasteiger partial charge in [0, 0.05) is 48.7 Å². The Morgan fingerprint density at radius 3 is 2.76 bits per heavy atom. The topological polar surface area (TPSA) is 62.3 Å². The van der Waals surface area contributed by atoms with E-state index in [2.05, 4.69) is 10.7 Å². The second-order valence-electron chi connectivity index (χ2n) is 8.33. The molecule has 2 amide bonds. The molecule has 1 aromatic heterocycles. The van der Waals surface area contributed by atoms with Crippen LogP contribution in [0.15, 0.2) is 5.38 Å². The lowest BCUT2D eigenvalue weighted by atomic mass is 9.91. The normalized spacial score (nSPS) is 21.2. The lowest BCUT2D eigenvalue weighted by Crippen LogP contribution is -2.44. The fourth-order valence-electron chi connectivity index (χ4n) is 3.27. The smallest absolute Gasteiger partial charge is 0.227 e. The number of nitrogens with zero attached hydrogens (tertiary/aromatic N) is 2. The van der Waals surface area contributed by atoms with Crippen molar-refractivity contribution in [2.24, 2.45) is 11.3 Å². The zero-order chi connectivity index (χ0) is 18.0. The van der Waals surface area contributed by atoms with E-state index in [-0.39, 0.29) is 23.1 Å². The van der Waals surface area contributed by atoms with Crippen LogP contribution in [-0.4, -0.2) is 41.3 Å². The largest absolute Gasteiger partial charge is 0.355 e. The highest BCUT2D eigenvalue weighted by Crippen LogP contribution is 2.31. The van der Waals surface area contributed by atoms with E-state index in [0.29, 0.717) is 12.5 Å². The summed E-state index contributed by atoms with van der Waals surface area (Å²) < 4.78 is 0. The average molecular weight is 364 g/mol. The zero-order valence-electron chi connectivity index (χ0n) is 15.5. The number of piperidine rings is 1. The van der Waals surface area contributed by atoms with Crippen LogP contribution in [0.1, 0.15) is 63.1 Å². The van der Waals surface area contributed by atoms with Gasteiger partial charge < -0.3 is 10.2 Å². The minimum Gasteiger partial charge on any atom is -0.355 e. The number of carbonyl (C=O) groups is 2. The van der Waals surface area contributed by atoms with Crippen molar-refractivity contribution in [1.29, 1.82) is 0 Å². The Hall–Kier alpha value is -1.43. The van der Waals surface area contributed by atoms with E-state index in [4.69, 9.17) is 4.98 Å². The number of likely N-dealkylation sites (tertiary alicyclic amines) is 1. The Balaban J connectivity index is 1.52. The van der Waals surface area contributed by atoms with Crippen molar-refractivity contribution in [3.05, 3.63) is 16.1 Å². The maximum absolute atomic E-state index is 12.5. The highest BCUT2D eigenvalue weighted by molar-refractivity contribution is 7.09. The van der Waals surface area contributed by atoms with Crippen molar-refractivity contribution >= 4 is 23.2 Å². The molecule has 25 heavy (non-hydrogen) atoms. The standard InChI is InChI=1S/C19H29N3O2S/c1-19(2,3)18(24)22-10-4-5-14(11-22)17-21-15(12-25-17)8-9-20-16(23)13-6-7-13/h12-14H,4-11H2,1-3H3,(H,20,23)/t14-/m1/s1. The Kier molecular flexibility index (Phi) is 5.46. The number of thiazole rings is 1. The SMILES string of the molecule is CC(C)(C)C(=O)N1CCC[C@@H](c2nc(CCNC(=O)C3CC3)cs2)C1. The van der Waals surface area contributed by atoms with Crippen LogP contribution in [0, 0.1) is 11.3 Å². The molecule has 0 aromatic carbocycles. The summed E-state index contributed by atoms with van der Waals surface area (Å²) in [5, 5.41) is 6.23. The molecule has 0 bridgehead atoms. The van der Waals surface area contributed by atoms with Crippen LogP contribution < -0.4 is 5.32 Å². The van der Waals surface area contributed by atoms with E-state index in [1.54, 1.807) is 11.3 Å². The predicted molar refractivity (Wildman–Crippen MR) is 99.6 cm³/mol. The minimum atomic E-state index is -0.324. The van der Waals surface area contributed by atoms with Crippen LogP contribution in [0.25, 0.3) is 0 Å². The molecule has 2 aliphatic rings. The van der Waals surface area contributed by atoms with Crippen LogP contribution in [0.5, 0.6) is 0 Å². The summed E-state index contributed by atoms with van der Waals surface area (Å²) in [7, 11) is 0. The number of carbonyl (C=O) groups excluding carboxylic acids is 2. The molecule has 1 aromatic rings. The molecular formula is C19H29N3O2S. The van der Waals surface area contributed by atoms with E-state index in [0.717, 1.165) is 55.9 Å². The molecular weight excluding hydrogens is 334 g/mol. The molecule has 0 spiro atoms. The molecule has 2 fully saturated rings. The number of amides is 2. The molecule has 138 valence electrons. The average Bonchev–Trinajstić information content (AvgIpc) is 3.32. The number of nitrogens with one attached hydrogen (secondary N) is 1. The fraction of sp³-hybridized carbons (Fsp3) is 0.737. The number of hydrogen-bond donors (Lipinski definition) is 1. The molecule has 2 heterocycles. The van der Waals surface area contributed by atoms with Gasteiger partial charge in [0.25, 0.3) is 0 Å². The Morgan fingerprint density at radius 1 is 1.32 bits per heavy atom. The Bertz CT molecular complexity index is 631. The summed E-state index contributed by atoms with van der Waals surface area (Å²) in [4.78, 5) is 31.0. The summed E-state index contributed by atoms with van der Waals surface area (Å²) in [6.07, 6.45) is 5.00. The molecule has 0 unspecified atom stereocenters. The van der Waals surface area contributed by atoms with Gasteiger partial charge in [-0.2, -0.15) is 0 Å². The molecule has 1 aliphatic carbocycles. The second-order valence-corrected chi connectivity index (χ2v) is 9.22. The van der Waals surface area contributed by atoms with Crippen molar-refractivity contribution in [2.45, 2.75) is 58.8 Å². The number of aromatic nitrogens is 1. The molecule has 1 aliphatic heterocycles. The fourth-order valence-corrected chi connectivity index (χ4v) is 4.25. The maximum Gasteiger partial charge on any atom is 0.227 e. The van der Waals surface area contributed by atoms with E-state index >= 15 is 0 Å². The first-order chi connectivity index (χ1) is 11.8. The Labute approximate surface area is 154 Å². The van der Waals surface area contributed by atoms with Gasteiger partial charge in [-0.25, -0.2) is 4.98 Å². The second kappa shape index (κ2) is 7.44. The van der Waals surface area contributed by atoms with Gasteiger partial charge in [-0.3, -0.25) is 9.59 Å². The van der Waals surface area contributed by atoms with Gasteiger partial charge in [0.2, 0.25) is 11.8 Å². The van der Waals surface area contributed by atoms with Crippen molar-refractivity contribution in [3.8, 4) is 0 Å². The molecule has 1 saturated carbocycles. The number of rotatable bonds is 5. The third-order valence-electron chi connectivity index (χ3n) is 4.90. The van der Waals surface area contributed by atoms with Crippen LogP contribution in [0.3, 0.4) is 0 Å². The van der Waals surface area contributed by atoms with Crippen LogP contribution in [0.2, 0.25) is 0 Å². The van der Waals surface area contributed by atoms with E-state index in [9.17, 15) is 9.59 Å². The van der Waals surface area contributed by atoms with Crippen molar-refractivity contribution in [2.75, 3.05) is 19.6 Å². The van der Waals surface area contributed by atoms with Gasteiger partial charge in [-0.05, 0) is 25.7 Å². The van der Waals surface area contributed by atoms with E-state index < -0.39 is 0 Å². The molecule has 1 N–H and O–H groups in total. The lowest BCUT2D eigenvalue weighted by Gasteiger charge is -2.35. The molecule has 3 rings (SSSR count). The van der Waals surface area contributed by atoms with Crippen LogP contribution >= 0.6 is 11.3 Å². The van der Waals surface area contributed by atoms with Gasteiger partial charge in [0.05, 0.1) is 10.7 Å². The maximum atomic E-state index is 12.5. The first-order valence-corrected chi connectivity index (χ1v) is 10.2. The highest BCUT2D eigenvalue weighted by atomic mass is 32.1. The van der Waals surface area contributed by atoms with Gasteiger partial charge in [0.1, 0.15) is 0 Å². The first kappa shape index (κ1) is 18.4. The van der Waals surface area contributed by atoms with Crippen LogP contribution in [-0.2, 0) is 16.0 Å². The zero-order valence-corrected chi connectivity index (χ0v) is 16.3. The number of hydrogen-bond acceptors (Lipinski definition) is 4. The quantitative estimate of drug-likeness (QED) is 0.875. The predicted octanol–water partition coefficient (Wildman–Crippen LogP) is 2.96. The molecule has 6 heteroatoms. The third kappa shape index (κ3) is 4.81. The molecule has 5 nitrogen and oxygen atoms in total. The van der Waals surface area contributed by atoms with Crippen molar-refractivity contribution < 1.29 is 9.59 Å². The molecule has 1 saturated heterocycles.